The van der Waals surface area contributed by atoms with Gasteiger partial charge < -0.3 is 10.4 Å². The summed E-state index contributed by atoms with van der Waals surface area (Å²) in [5, 5.41) is 12.2. The molecule has 2 N–H and O–H groups in total. The van der Waals surface area contributed by atoms with E-state index in [2.05, 4.69) is 23.2 Å². The van der Waals surface area contributed by atoms with Gasteiger partial charge in [0.15, 0.2) is 0 Å². The van der Waals surface area contributed by atoms with E-state index in [1.165, 1.54) is 5.56 Å². The molecule has 1 aromatic rings. The van der Waals surface area contributed by atoms with Gasteiger partial charge in [-0.25, -0.2) is 0 Å². The van der Waals surface area contributed by atoms with Crippen molar-refractivity contribution in [2.75, 3.05) is 26.2 Å². The molecule has 110 valence electrons. The van der Waals surface area contributed by atoms with Gasteiger partial charge in [-0.1, -0.05) is 24.3 Å². The van der Waals surface area contributed by atoms with Gasteiger partial charge >= 0.3 is 0 Å². The zero-order valence-corrected chi connectivity index (χ0v) is 12.1. The molecule has 4 nitrogen and oxygen atoms in total. The second-order valence-corrected chi connectivity index (χ2v) is 5.63. The molecule has 1 aliphatic rings. The maximum Gasteiger partial charge on any atom is 0.234 e. The number of amides is 1. The van der Waals surface area contributed by atoms with Crippen molar-refractivity contribution < 1.29 is 9.90 Å². The lowest BCUT2D eigenvalue weighted by molar-refractivity contribution is -0.122. The molecule has 2 rings (SSSR count). The first-order valence-corrected chi connectivity index (χ1v) is 7.33. The first kappa shape index (κ1) is 15.0. The van der Waals surface area contributed by atoms with Gasteiger partial charge in [0.25, 0.3) is 0 Å². The van der Waals surface area contributed by atoms with Crippen LogP contribution in [0.25, 0.3) is 0 Å². The van der Waals surface area contributed by atoms with Crippen LogP contribution in [-0.2, 0) is 11.3 Å². The monoisotopic (exact) mass is 276 g/mol. The topological polar surface area (TPSA) is 52.6 Å². The van der Waals surface area contributed by atoms with Crippen LogP contribution in [-0.4, -0.2) is 42.2 Å². The van der Waals surface area contributed by atoms with Crippen LogP contribution >= 0.6 is 0 Å². The minimum absolute atomic E-state index is 0.0619. The molecular weight excluding hydrogens is 252 g/mol. The number of piperidine rings is 1. The predicted molar refractivity (Wildman–Crippen MR) is 79.3 cm³/mol. The molecular formula is C16H24N2O2. The average Bonchev–Trinajstić information content (AvgIpc) is 2.46. The van der Waals surface area contributed by atoms with E-state index in [0.717, 1.165) is 31.5 Å². The Balaban J connectivity index is 1.77. The number of carbonyl (C=O) groups is 1. The molecule has 1 atom stereocenters. The van der Waals surface area contributed by atoms with E-state index in [-0.39, 0.29) is 12.5 Å². The summed E-state index contributed by atoms with van der Waals surface area (Å²) < 4.78 is 0. The number of aryl methyl sites for hydroxylation is 1. The number of aliphatic hydroxyl groups excluding tert-OH is 1. The number of nitrogens with zero attached hydrogens (tertiary/aromatic N) is 1. The fourth-order valence-electron chi connectivity index (χ4n) is 2.71. The number of benzene rings is 1. The number of hydrogen-bond donors (Lipinski definition) is 2. The average molecular weight is 276 g/mol. The molecule has 1 unspecified atom stereocenters. The summed E-state index contributed by atoms with van der Waals surface area (Å²) in [6, 6.07) is 8.09. The molecule has 0 spiro atoms. The zero-order valence-electron chi connectivity index (χ0n) is 12.1. The Hall–Kier alpha value is -1.39. The van der Waals surface area contributed by atoms with E-state index in [9.17, 15) is 9.90 Å². The van der Waals surface area contributed by atoms with Crippen molar-refractivity contribution in [2.45, 2.75) is 26.3 Å². The Kier molecular flexibility index (Phi) is 5.56. The molecule has 1 aliphatic heterocycles. The van der Waals surface area contributed by atoms with E-state index in [1.807, 2.05) is 18.2 Å². The van der Waals surface area contributed by atoms with Crippen molar-refractivity contribution >= 4 is 5.91 Å². The highest BCUT2D eigenvalue weighted by atomic mass is 16.3. The lowest BCUT2D eigenvalue weighted by atomic mass is 9.99. The second kappa shape index (κ2) is 7.41. The van der Waals surface area contributed by atoms with Crippen LogP contribution in [0.15, 0.2) is 24.3 Å². The van der Waals surface area contributed by atoms with Crippen molar-refractivity contribution in [3.63, 3.8) is 0 Å². The third-order valence-corrected chi connectivity index (χ3v) is 3.97. The van der Waals surface area contributed by atoms with Gasteiger partial charge in [-0.15, -0.1) is 0 Å². The second-order valence-electron chi connectivity index (χ2n) is 5.63. The predicted octanol–water partition coefficient (Wildman–Crippen LogP) is 1.32. The first-order chi connectivity index (χ1) is 9.69. The van der Waals surface area contributed by atoms with E-state index < -0.39 is 0 Å². The Labute approximate surface area is 120 Å². The number of aliphatic hydroxyl groups is 1. The van der Waals surface area contributed by atoms with Crippen LogP contribution in [0.4, 0.5) is 0 Å². The van der Waals surface area contributed by atoms with Crippen LogP contribution < -0.4 is 5.32 Å². The molecule has 0 radical (unpaired) electrons. The third kappa shape index (κ3) is 4.32. The highest BCUT2D eigenvalue weighted by Gasteiger charge is 2.20. The zero-order chi connectivity index (χ0) is 14.4. The van der Waals surface area contributed by atoms with Gasteiger partial charge in [0, 0.05) is 19.7 Å². The van der Waals surface area contributed by atoms with Crippen molar-refractivity contribution in [3.8, 4) is 0 Å². The maximum absolute atomic E-state index is 12.0. The van der Waals surface area contributed by atoms with Gasteiger partial charge in [0.1, 0.15) is 0 Å². The largest absolute Gasteiger partial charge is 0.396 e. The summed E-state index contributed by atoms with van der Waals surface area (Å²) in [5.74, 6) is 0.389. The maximum atomic E-state index is 12.0. The molecule has 0 aliphatic carbocycles. The fourth-order valence-corrected chi connectivity index (χ4v) is 2.71. The molecule has 0 saturated carbocycles. The SMILES string of the molecule is Cc1ccccc1CNC(=O)CN1CCCC(CO)C1. The Bertz CT molecular complexity index is 448. The van der Waals surface area contributed by atoms with Gasteiger partial charge in [-0.3, -0.25) is 9.69 Å². The molecule has 0 aromatic heterocycles. The van der Waals surface area contributed by atoms with Gasteiger partial charge in [0.2, 0.25) is 5.91 Å². The van der Waals surface area contributed by atoms with E-state index in [0.29, 0.717) is 19.0 Å². The van der Waals surface area contributed by atoms with Crippen molar-refractivity contribution in [1.29, 1.82) is 0 Å². The summed E-state index contributed by atoms with van der Waals surface area (Å²) in [6.45, 7) is 5.08. The number of likely N-dealkylation sites (tertiary alicyclic amines) is 1. The number of nitrogens with one attached hydrogen (secondary N) is 1. The van der Waals surface area contributed by atoms with Crippen molar-refractivity contribution in [1.82, 2.24) is 10.2 Å². The number of hydrogen-bond acceptors (Lipinski definition) is 3. The molecule has 1 heterocycles. The van der Waals surface area contributed by atoms with Gasteiger partial charge in [-0.05, 0) is 43.4 Å². The lowest BCUT2D eigenvalue weighted by Gasteiger charge is -2.31. The van der Waals surface area contributed by atoms with Crippen LogP contribution in [0.3, 0.4) is 0 Å². The van der Waals surface area contributed by atoms with Crippen molar-refractivity contribution in [2.24, 2.45) is 5.92 Å². The summed E-state index contributed by atoms with van der Waals surface area (Å²) in [5.41, 5.74) is 2.36. The highest BCUT2D eigenvalue weighted by molar-refractivity contribution is 5.78. The van der Waals surface area contributed by atoms with Crippen LogP contribution in [0, 0.1) is 12.8 Å². The molecule has 1 amide bonds. The third-order valence-electron chi connectivity index (χ3n) is 3.97. The van der Waals surface area contributed by atoms with Crippen LogP contribution in [0.2, 0.25) is 0 Å². The summed E-state index contributed by atoms with van der Waals surface area (Å²) >= 11 is 0. The summed E-state index contributed by atoms with van der Waals surface area (Å²) in [6.07, 6.45) is 2.13. The van der Waals surface area contributed by atoms with Crippen LogP contribution in [0.1, 0.15) is 24.0 Å². The minimum atomic E-state index is 0.0619. The normalized spacial score (nSPS) is 19.8. The Morgan fingerprint density at radius 1 is 1.45 bits per heavy atom. The Morgan fingerprint density at radius 3 is 3.00 bits per heavy atom. The molecule has 20 heavy (non-hydrogen) atoms. The molecule has 4 heteroatoms. The van der Waals surface area contributed by atoms with Gasteiger partial charge in [0.05, 0.1) is 6.54 Å². The van der Waals surface area contributed by atoms with E-state index in [1.54, 1.807) is 0 Å². The molecule has 0 bridgehead atoms. The lowest BCUT2D eigenvalue weighted by Crippen LogP contribution is -2.43. The number of carbonyl (C=O) groups excluding carboxylic acids is 1. The minimum Gasteiger partial charge on any atom is -0.396 e. The summed E-state index contributed by atoms with van der Waals surface area (Å²) in [7, 11) is 0. The van der Waals surface area contributed by atoms with Crippen LogP contribution in [0.5, 0.6) is 0 Å². The molecule has 1 fully saturated rings. The molecule has 1 aromatic carbocycles. The van der Waals surface area contributed by atoms with Crippen molar-refractivity contribution in [3.05, 3.63) is 35.4 Å². The number of rotatable bonds is 5. The quantitative estimate of drug-likeness (QED) is 0.853. The standard InChI is InChI=1S/C16H24N2O2/c1-13-5-2-3-7-15(13)9-17-16(20)11-18-8-4-6-14(10-18)12-19/h2-3,5,7,14,19H,4,6,8-12H2,1H3,(H,17,20). The Morgan fingerprint density at radius 2 is 2.25 bits per heavy atom. The fraction of sp³-hybridized carbons (Fsp3) is 0.562. The van der Waals surface area contributed by atoms with Gasteiger partial charge in [-0.2, -0.15) is 0 Å². The van der Waals surface area contributed by atoms with E-state index >= 15 is 0 Å². The first-order valence-electron chi connectivity index (χ1n) is 7.33. The summed E-state index contributed by atoms with van der Waals surface area (Å²) in [4.78, 5) is 14.1. The van der Waals surface area contributed by atoms with E-state index in [4.69, 9.17) is 0 Å². The smallest absolute Gasteiger partial charge is 0.234 e. The molecule has 1 saturated heterocycles. The highest BCUT2D eigenvalue weighted by Crippen LogP contribution is 2.15.